The van der Waals surface area contributed by atoms with Gasteiger partial charge in [0, 0.05) is 0 Å². The highest BCUT2D eigenvalue weighted by Crippen LogP contribution is 2.31. The highest BCUT2D eigenvalue weighted by Gasteiger charge is 2.21. The first-order chi connectivity index (χ1) is 7.41. The molecule has 1 nitrogen and oxygen atoms in total. The van der Waals surface area contributed by atoms with Crippen LogP contribution in [0, 0.1) is 11.3 Å². The van der Waals surface area contributed by atoms with Gasteiger partial charge < -0.3 is 5.11 Å². The lowest BCUT2D eigenvalue weighted by atomic mass is 9.82. The zero-order valence-electron chi connectivity index (χ0n) is 11.4. The molecular weight excluding hydrogens is 196 g/mol. The largest absolute Gasteiger partial charge is 0.393 e. The first-order valence-electron chi connectivity index (χ1n) is 6.74. The standard InChI is InChI=1S/C15H28O/c1-12-6-5-7-13(2)14(16)9-11-15(3,4)10-8-12/h8,13-14,16H,5-7,9-11H2,1-4H3/b12-8-/t13-,14+/m0/s1. The van der Waals surface area contributed by atoms with Crippen molar-refractivity contribution in [2.75, 3.05) is 0 Å². The van der Waals surface area contributed by atoms with E-state index in [0.29, 0.717) is 11.3 Å². The quantitative estimate of drug-likeness (QED) is 0.608. The summed E-state index contributed by atoms with van der Waals surface area (Å²) in [6, 6.07) is 0. The lowest BCUT2D eigenvalue weighted by Gasteiger charge is -2.26. The van der Waals surface area contributed by atoms with Crippen LogP contribution in [0.25, 0.3) is 0 Å². The molecule has 0 bridgehead atoms. The SMILES string of the molecule is C/C1=C/CC(C)(C)CC[C@@H](O)[C@@H](C)CCC1. The Bertz CT molecular complexity index is 240. The second-order valence-corrected chi connectivity index (χ2v) is 6.39. The number of allylic oxidation sites excluding steroid dienone is 2. The summed E-state index contributed by atoms with van der Waals surface area (Å²) in [6.07, 6.45) is 9.13. The van der Waals surface area contributed by atoms with E-state index in [9.17, 15) is 5.11 Å². The van der Waals surface area contributed by atoms with E-state index in [2.05, 4.69) is 33.8 Å². The Kier molecular flexibility index (Phi) is 5.04. The second kappa shape index (κ2) is 5.86. The summed E-state index contributed by atoms with van der Waals surface area (Å²) in [7, 11) is 0. The summed E-state index contributed by atoms with van der Waals surface area (Å²) in [4.78, 5) is 0. The van der Waals surface area contributed by atoms with Gasteiger partial charge in [-0.05, 0) is 56.8 Å². The van der Waals surface area contributed by atoms with Gasteiger partial charge >= 0.3 is 0 Å². The van der Waals surface area contributed by atoms with Gasteiger partial charge in [-0.1, -0.05) is 32.4 Å². The normalized spacial score (nSPS) is 35.9. The molecule has 2 atom stereocenters. The molecule has 1 N–H and O–H groups in total. The van der Waals surface area contributed by atoms with E-state index < -0.39 is 0 Å². The minimum atomic E-state index is -0.0994. The van der Waals surface area contributed by atoms with E-state index in [1.807, 2.05) is 0 Å². The van der Waals surface area contributed by atoms with Crippen LogP contribution in [-0.2, 0) is 0 Å². The van der Waals surface area contributed by atoms with Crippen LogP contribution < -0.4 is 0 Å². The monoisotopic (exact) mass is 224 g/mol. The second-order valence-electron chi connectivity index (χ2n) is 6.39. The molecule has 0 unspecified atom stereocenters. The highest BCUT2D eigenvalue weighted by atomic mass is 16.3. The summed E-state index contributed by atoms with van der Waals surface area (Å²) in [5, 5.41) is 10.1. The molecular formula is C15H28O. The molecule has 0 fully saturated rings. The van der Waals surface area contributed by atoms with Gasteiger partial charge in [-0.15, -0.1) is 0 Å². The average Bonchev–Trinajstić information content (AvgIpc) is 2.23. The summed E-state index contributed by atoms with van der Waals surface area (Å²) in [6.45, 7) is 9.06. The number of aliphatic hydroxyl groups excluding tert-OH is 1. The van der Waals surface area contributed by atoms with E-state index in [1.165, 1.54) is 18.4 Å². The molecule has 94 valence electrons. The van der Waals surface area contributed by atoms with Gasteiger partial charge in [0.2, 0.25) is 0 Å². The van der Waals surface area contributed by atoms with Crippen LogP contribution in [0.4, 0.5) is 0 Å². The maximum Gasteiger partial charge on any atom is 0.0566 e. The molecule has 0 aliphatic heterocycles. The van der Waals surface area contributed by atoms with Crippen molar-refractivity contribution in [2.45, 2.75) is 72.3 Å². The van der Waals surface area contributed by atoms with Crippen molar-refractivity contribution in [1.29, 1.82) is 0 Å². The molecule has 0 heterocycles. The van der Waals surface area contributed by atoms with Crippen LogP contribution in [0.15, 0.2) is 11.6 Å². The van der Waals surface area contributed by atoms with E-state index in [1.54, 1.807) is 0 Å². The summed E-state index contributed by atoms with van der Waals surface area (Å²) >= 11 is 0. The lowest BCUT2D eigenvalue weighted by molar-refractivity contribution is 0.0877. The van der Waals surface area contributed by atoms with E-state index in [-0.39, 0.29) is 6.10 Å². The summed E-state index contributed by atoms with van der Waals surface area (Å²) in [5.74, 6) is 0.460. The van der Waals surface area contributed by atoms with Crippen molar-refractivity contribution < 1.29 is 5.11 Å². The van der Waals surface area contributed by atoms with Gasteiger partial charge in [-0.2, -0.15) is 0 Å². The average molecular weight is 224 g/mol. The molecule has 0 aromatic carbocycles. The van der Waals surface area contributed by atoms with Crippen molar-refractivity contribution in [3.63, 3.8) is 0 Å². The minimum Gasteiger partial charge on any atom is -0.393 e. The smallest absolute Gasteiger partial charge is 0.0566 e. The molecule has 0 radical (unpaired) electrons. The third kappa shape index (κ3) is 4.69. The van der Waals surface area contributed by atoms with Crippen LogP contribution >= 0.6 is 0 Å². The third-order valence-electron chi connectivity index (χ3n) is 4.01. The van der Waals surface area contributed by atoms with Gasteiger partial charge in [0.05, 0.1) is 6.10 Å². The fourth-order valence-corrected chi connectivity index (χ4v) is 2.37. The zero-order valence-corrected chi connectivity index (χ0v) is 11.4. The molecule has 16 heavy (non-hydrogen) atoms. The van der Waals surface area contributed by atoms with Crippen LogP contribution in [0.2, 0.25) is 0 Å². The molecule has 0 amide bonds. The molecule has 0 aromatic rings. The van der Waals surface area contributed by atoms with Crippen LogP contribution in [-0.4, -0.2) is 11.2 Å². The predicted octanol–water partition coefficient (Wildman–Crippen LogP) is 4.31. The topological polar surface area (TPSA) is 20.2 Å². The van der Waals surface area contributed by atoms with Gasteiger partial charge in [0.25, 0.3) is 0 Å². The summed E-state index contributed by atoms with van der Waals surface area (Å²) in [5.41, 5.74) is 1.86. The number of hydrogen-bond acceptors (Lipinski definition) is 1. The zero-order chi connectivity index (χ0) is 12.2. The molecule has 0 aromatic heterocycles. The maximum atomic E-state index is 10.1. The first kappa shape index (κ1) is 13.8. The van der Waals surface area contributed by atoms with E-state index in [4.69, 9.17) is 0 Å². The Balaban J connectivity index is 2.66. The Morgan fingerprint density at radius 3 is 2.69 bits per heavy atom. The van der Waals surface area contributed by atoms with Gasteiger partial charge in [0.15, 0.2) is 0 Å². The van der Waals surface area contributed by atoms with Crippen LogP contribution in [0.1, 0.15) is 66.2 Å². The van der Waals surface area contributed by atoms with E-state index >= 15 is 0 Å². The van der Waals surface area contributed by atoms with Crippen molar-refractivity contribution in [1.82, 2.24) is 0 Å². The Hall–Kier alpha value is -0.300. The predicted molar refractivity (Wildman–Crippen MR) is 70.4 cm³/mol. The maximum absolute atomic E-state index is 10.1. The number of aliphatic hydroxyl groups is 1. The lowest BCUT2D eigenvalue weighted by Crippen LogP contribution is -2.21. The van der Waals surface area contributed by atoms with Gasteiger partial charge in [-0.3, -0.25) is 0 Å². The molecule has 1 aliphatic carbocycles. The fraction of sp³-hybridized carbons (Fsp3) is 0.867. The number of hydrogen-bond donors (Lipinski definition) is 1. The fourth-order valence-electron chi connectivity index (χ4n) is 2.37. The molecule has 1 aliphatic rings. The van der Waals surface area contributed by atoms with E-state index in [0.717, 1.165) is 25.7 Å². The van der Waals surface area contributed by atoms with Gasteiger partial charge in [0.1, 0.15) is 0 Å². The first-order valence-corrected chi connectivity index (χ1v) is 6.74. The molecule has 1 rings (SSSR count). The highest BCUT2D eigenvalue weighted by molar-refractivity contribution is 5.00. The molecule has 0 spiro atoms. The molecule has 0 saturated carbocycles. The Labute approximate surface area is 101 Å². The molecule has 0 saturated heterocycles. The third-order valence-corrected chi connectivity index (χ3v) is 4.01. The van der Waals surface area contributed by atoms with Crippen LogP contribution in [0.3, 0.4) is 0 Å². The van der Waals surface area contributed by atoms with Crippen molar-refractivity contribution >= 4 is 0 Å². The summed E-state index contributed by atoms with van der Waals surface area (Å²) < 4.78 is 0. The van der Waals surface area contributed by atoms with Crippen molar-refractivity contribution in [2.24, 2.45) is 11.3 Å². The number of rotatable bonds is 0. The van der Waals surface area contributed by atoms with Gasteiger partial charge in [-0.25, -0.2) is 0 Å². The molecule has 1 heteroatoms. The Morgan fingerprint density at radius 2 is 2.00 bits per heavy atom. The van der Waals surface area contributed by atoms with Crippen molar-refractivity contribution in [3.8, 4) is 0 Å². The minimum absolute atomic E-state index is 0.0994. The Morgan fingerprint density at radius 1 is 1.31 bits per heavy atom. The van der Waals surface area contributed by atoms with Crippen molar-refractivity contribution in [3.05, 3.63) is 11.6 Å². The van der Waals surface area contributed by atoms with Crippen LogP contribution in [0.5, 0.6) is 0 Å².